The molecule has 0 unspecified atom stereocenters. The van der Waals surface area contributed by atoms with Crippen LogP contribution in [-0.4, -0.2) is 26.6 Å². The molecular weight excluding hydrogens is 435 g/mol. The van der Waals surface area contributed by atoms with Crippen LogP contribution in [0.4, 0.5) is 24.5 Å². The van der Waals surface area contributed by atoms with E-state index >= 15 is 0 Å². The molecule has 2 N–H and O–H groups in total. The van der Waals surface area contributed by atoms with Crippen molar-refractivity contribution in [2.75, 3.05) is 5.32 Å². The van der Waals surface area contributed by atoms with Gasteiger partial charge in [-0.1, -0.05) is 12.1 Å². The molecule has 1 saturated carbocycles. The Labute approximate surface area is 187 Å². The predicted octanol–water partition coefficient (Wildman–Crippen LogP) is 4.30. The second-order valence-electron chi connectivity index (χ2n) is 7.90. The Hall–Kier alpha value is -3.82. The number of benzene rings is 1. The summed E-state index contributed by atoms with van der Waals surface area (Å²) < 4.78 is 39.4. The van der Waals surface area contributed by atoms with Gasteiger partial charge in [-0.3, -0.25) is 14.6 Å². The van der Waals surface area contributed by atoms with E-state index in [-0.39, 0.29) is 30.3 Å². The van der Waals surface area contributed by atoms with Crippen LogP contribution in [0.5, 0.6) is 0 Å². The first-order valence-electron chi connectivity index (χ1n) is 10.2. The van der Waals surface area contributed by atoms with E-state index in [0.29, 0.717) is 29.8 Å². The molecule has 0 bridgehead atoms. The van der Waals surface area contributed by atoms with Gasteiger partial charge in [-0.25, -0.2) is 9.97 Å². The summed E-state index contributed by atoms with van der Waals surface area (Å²) in [5, 5.41) is 5.53. The number of nitrogens with zero attached hydrogens (tertiary/aromatic N) is 3. The van der Waals surface area contributed by atoms with E-state index in [1.165, 1.54) is 43.1 Å². The Balaban J connectivity index is 1.34. The maximum Gasteiger partial charge on any atom is 0.418 e. The number of nitrogens with one attached hydrogen (secondary N) is 2. The SMILES string of the molecule is O=C(CC1(C(=O)NCc2ccc(Nc3ccccc3C(F)(F)F)cn2)CC1)c1cncnc1. The topological polar surface area (TPSA) is 96.9 Å². The van der Waals surface area contributed by atoms with E-state index in [2.05, 4.69) is 25.6 Å². The van der Waals surface area contributed by atoms with Gasteiger partial charge in [0.1, 0.15) is 6.33 Å². The number of pyridine rings is 1. The lowest BCUT2D eigenvalue weighted by atomic mass is 9.96. The minimum atomic E-state index is -4.48. The van der Waals surface area contributed by atoms with E-state index in [0.717, 1.165) is 6.07 Å². The lowest BCUT2D eigenvalue weighted by Gasteiger charge is -2.15. The lowest BCUT2D eigenvalue weighted by Crippen LogP contribution is -2.33. The molecule has 0 atom stereocenters. The summed E-state index contributed by atoms with van der Waals surface area (Å²) >= 11 is 0. The molecule has 1 fully saturated rings. The minimum Gasteiger partial charge on any atom is -0.354 e. The number of para-hydroxylation sites is 1. The zero-order chi connectivity index (χ0) is 23.5. The van der Waals surface area contributed by atoms with Gasteiger partial charge >= 0.3 is 6.18 Å². The summed E-state index contributed by atoms with van der Waals surface area (Å²) in [7, 11) is 0. The number of hydrogen-bond acceptors (Lipinski definition) is 6. The van der Waals surface area contributed by atoms with Gasteiger partial charge in [0.2, 0.25) is 5.91 Å². The number of Topliss-reactive ketones (excluding diaryl/α,β-unsaturated/α-hetero) is 1. The fourth-order valence-electron chi connectivity index (χ4n) is 3.44. The fourth-order valence-corrected chi connectivity index (χ4v) is 3.44. The number of halogens is 3. The molecule has 2 heterocycles. The molecule has 3 aromatic rings. The van der Waals surface area contributed by atoms with Crippen molar-refractivity contribution in [1.82, 2.24) is 20.3 Å². The first kappa shape index (κ1) is 22.4. The number of anilines is 2. The molecule has 4 rings (SSSR count). The normalized spacial score (nSPS) is 14.4. The number of rotatable bonds is 8. The molecule has 1 aliphatic rings. The minimum absolute atomic E-state index is 0.0722. The predicted molar refractivity (Wildman–Crippen MR) is 113 cm³/mol. The Morgan fingerprint density at radius 1 is 1.00 bits per heavy atom. The van der Waals surface area contributed by atoms with Gasteiger partial charge in [0.15, 0.2) is 5.78 Å². The van der Waals surface area contributed by atoms with Crippen LogP contribution in [0, 0.1) is 5.41 Å². The highest BCUT2D eigenvalue weighted by Crippen LogP contribution is 2.49. The standard InChI is InChI=1S/C23H20F3N5O2/c24-23(25,26)18-3-1-2-4-19(18)31-17-6-5-16(29-13-17)12-30-21(33)22(7-8-22)9-20(32)15-10-27-14-28-11-15/h1-6,10-11,13-14,31H,7-9,12H2,(H,30,33). The number of amides is 1. The van der Waals surface area contributed by atoms with Gasteiger partial charge in [-0.05, 0) is 37.1 Å². The highest BCUT2D eigenvalue weighted by Gasteiger charge is 2.51. The molecule has 10 heteroatoms. The summed E-state index contributed by atoms with van der Waals surface area (Å²) in [6.45, 7) is 0.142. The quantitative estimate of drug-likeness (QED) is 0.492. The van der Waals surface area contributed by atoms with Crippen LogP contribution < -0.4 is 10.6 Å². The Kier molecular flexibility index (Phi) is 6.08. The first-order valence-corrected chi connectivity index (χ1v) is 10.2. The van der Waals surface area contributed by atoms with Crippen molar-refractivity contribution in [3.05, 3.63) is 78.1 Å². The van der Waals surface area contributed by atoms with E-state index in [4.69, 9.17) is 0 Å². The number of hydrogen-bond donors (Lipinski definition) is 2. The summed E-state index contributed by atoms with van der Waals surface area (Å²) in [4.78, 5) is 36.9. The zero-order valence-corrected chi connectivity index (χ0v) is 17.4. The van der Waals surface area contributed by atoms with E-state index in [9.17, 15) is 22.8 Å². The van der Waals surface area contributed by atoms with Gasteiger partial charge in [-0.15, -0.1) is 0 Å². The van der Waals surface area contributed by atoms with Crippen LogP contribution in [0.1, 0.15) is 40.9 Å². The number of carbonyl (C=O) groups excluding carboxylic acids is 2. The maximum absolute atomic E-state index is 13.1. The Morgan fingerprint density at radius 3 is 2.36 bits per heavy atom. The molecule has 2 aromatic heterocycles. The molecule has 7 nitrogen and oxygen atoms in total. The van der Waals surface area contributed by atoms with E-state index in [1.807, 2.05) is 0 Å². The molecule has 0 radical (unpaired) electrons. The number of aromatic nitrogens is 3. The van der Waals surface area contributed by atoms with Crippen LogP contribution in [0.15, 0.2) is 61.3 Å². The Morgan fingerprint density at radius 2 is 1.73 bits per heavy atom. The van der Waals surface area contributed by atoms with Crippen LogP contribution in [0.2, 0.25) is 0 Å². The van der Waals surface area contributed by atoms with Crippen LogP contribution in [0.3, 0.4) is 0 Å². The number of alkyl halides is 3. The summed E-state index contributed by atoms with van der Waals surface area (Å²) in [6.07, 6.45) is 2.43. The molecule has 0 aliphatic heterocycles. The maximum atomic E-state index is 13.1. The fraction of sp³-hybridized carbons (Fsp3) is 0.261. The molecule has 170 valence electrons. The van der Waals surface area contributed by atoms with Crippen LogP contribution in [-0.2, 0) is 17.5 Å². The molecular formula is C23H20F3N5O2. The third-order valence-corrected chi connectivity index (χ3v) is 5.48. The van der Waals surface area contributed by atoms with Crippen LogP contribution >= 0.6 is 0 Å². The highest BCUT2D eigenvalue weighted by atomic mass is 19.4. The van der Waals surface area contributed by atoms with Crippen molar-refractivity contribution < 1.29 is 22.8 Å². The third-order valence-electron chi connectivity index (χ3n) is 5.48. The second-order valence-corrected chi connectivity index (χ2v) is 7.90. The van der Waals surface area contributed by atoms with Crippen molar-refractivity contribution in [2.24, 2.45) is 5.41 Å². The number of ketones is 1. The van der Waals surface area contributed by atoms with Gasteiger partial charge in [0.25, 0.3) is 0 Å². The smallest absolute Gasteiger partial charge is 0.354 e. The third kappa shape index (κ3) is 5.33. The van der Waals surface area contributed by atoms with Gasteiger partial charge in [-0.2, -0.15) is 13.2 Å². The Bertz CT molecular complexity index is 1150. The van der Waals surface area contributed by atoms with Crippen LogP contribution in [0.25, 0.3) is 0 Å². The monoisotopic (exact) mass is 455 g/mol. The first-order chi connectivity index (χ1) is 15.8. The zero-order valence-electron chi connectivity index (χ0n) is 17.4. The van der Waals surface area contributed by atoms with Gasteiger partial charge in [0.05, 0.1) is 46.4 Å². The molecule has 33 heavy (non-hydrogen) atoms. The van der Waals surface area contributed by atoms with Crippen molar-refractivity contribution in [3.63, 3.8) is 0 Å². The van der Waals surface area contributed by atoms with Crippen molar-refractivity contribution in [3.8, 4) is 0 Å². The highest BCUT2D eigenvalue weighted by molar-refractivity contribution is 6.00. The largest absolute Gasteiger partial charge is 0.418 e. The molecule has 0 spiro atoms. The van der Waals surface area contributed by atoms with Gasteiger partial charge < -0.3 is 10.6 Å². The van der Waals surface area contributed by atoms with Crippen molar-refractivity contribution >= 4 is 23.1 Å². The van der Waals surface area contributed by atoms with E-state index in [1.54, 1.807) is 12.1 Å². The molecule has 1 aliphatic carbocycles. The van der Waals surface area contributed by atoms with Crippen molar-refractivity contribution in [2.45, 2.75) is 32.0 Å². The summed E-state index contributed by atoms with van der Waals surface area (Å²) in [6, 6.07) is 8.39. The lowest BCUT2D eigenvalue weighted by molar-refractivity contribution is -0.137. The van der Waals surface area contributed by atoms with Gasteiger partial charge in [0, 0.05) is 18.8 Å². The summed E-state index contributed by atoms with van der Waals surface area (Å²) in [5.74, 6) is -0.410. The average molecular weight is 455 g/mol. The molecule has 1 amide bonds. The average Bonchev–Trinajstić information content (AvgIpc) is 3.59. The molecule has 0 saturated heterocycles. The second kappa shape index (κ2) is 8.97. The summed E-state index contributed by atoms with van der Waals surface area (Å²) in [5.41, 5.74) is -0.277. The number of carbonyl (C=O) groups is 2. The molecule has 1 aromatic carbocycles. The van der Waals surface area contributed by atoms with E-state index < -0.39 is 17.2 Å². The van der Waals surface area contributed by atoms with Crippen molar-refractivity contribution in [1.29, 1.82) is 0 Å².